The van der Waals surface area contributed by atoms with Crippen molar-refractivity contribution < 1.29 is 24.5 Å². The molecule has 1 amide bonds. The first-order valence-corrected chi connectivity index (χ1v) is 33.9. The molecule has 440 valence electrons. The van der Waals surface area contributed by atoms with Gasteiger partial charge >= 0.3 is 5.97 Å². The van der Waals surface area contributed by atoms with Gasteiger partial charge in [0.1, 0.15) is 0 Å². The standard InChI is InChI=1S/C68H133NO5/c1-3-5-7-9-11-13-15-17-18-35-38-42-46-50-54-58-62-68(73)74-63-59-55-51-47-43-39-36-33-31-29-27-25-23-21-19-20-22-24-26-28-30-32-34-37-41-45-49-53-57-61-67(72)69-65(64-70)66(71)60-56-52-48-44-40-16-14-12-10-8-6-4-2/h19,21,65-66,70-71H,3-18,20,22-64H2,1-2H3,(H,69,72)/b21-19-. The third kappa shape index (κ3) is 59.8. The van der Waals surface area contributed by atoms with Crippen molar-refractivity contribution in [3.8, 4) is 0 Å². The van der Waals surface area contributed by atoms with Crippen LogP contribution in [0.5, 0.6) is 0 Å². The summed E-state index contributed by atoms with van der Waals surface area (Å²) in [6.45, 7) is 4.98. The number of nitrogens with one attached hydrogen (secondary N) is 1. The van der Waals surface area contributed by atoms with Gasteiger partial charge in [-0.2, -0.15) is 0 Å². The normalized spacial score (nSPS) is 12.5. The number of unbranched alkanes of at least 4 members (excludes halogenated alkanes) is 51. The van der Waals surface area contributed by atoms with Gasteiger partial charge in [0, 0.05) is 12.8 Å². The Balaban J connectivity index is 3.33. The monoisotopic (exact) mass is 1040 g/mol. The molecule has 6 heteroatoms. The van der Waals surface area contributed by atoms with E-state index in [0.717, 1.165) is 38.5 Å². The van der Waals surface area contributed by atoms with Gasteiger partial charge in [-0.15, -0.1) is 0 Å². The molecule has 0 rings (SSSR count). The van der Waals surface area contributed by atoms with E-state index in [1.54, 1.807) is 0 Å². The fraction of sp³-hybridized carbons (Fsp3) is 0.941. The molecule has 0 saturated heterocycles. The van der Waals surface area contributed by atoms with Crippen molar-refractivity contribution in [1.29, 1.82) is 0 Å². The Hall–Kier alpha value is -1.40. The van der Waals surface area contributed by atoms with Gasteiger partial charge < -0.3 is 20.3 Å². The molecule has 74 heavy (non-hydrogen) atoms. The van der Waals surface area contributed by atoms with Crippen LogP contribution in [0.25, 0.3) is 0 Å². The molecule has 0 bridgehead atoms. The van der Waals surface area contributed by atoms with Crippen molar-refractivity contribution >= 4 is 11.9 Å². The maximum absolute atomic E-state index is 12.5. The van der Waals surface area contributed by atoms with E-state index in [-0.39, 0.29) is 18.5 Å². The Morgan fingerprint density at radius 2 is 0.635 bits per heavy atom. The van der Waals surface area contributed by atoms with Crippen molar-refractivity contribution in [1.82, 2.24) is 5.32 Å². The minimum atomic E-state index is -0.662. The lowest BCUT2D eigenvalue weighted by Crippen LogP contribution is -2.45. The summed E-state index contributed by atoms with van der Waals surface area (Å²) in [5.74, 6) is -0.0118. The van der Waals surface area contributed by atoms with E-state index in [0.29, 0.717) is 25.9 Å². The third-order valence-electron chi connectivity index (χ3n) is 16.1. The highest BCUT2D eigenvalue weighted by Gasteiger charge is 2.20. The first-order chi connectivity index (χ1) is 36.5. The summed E-state index contributed by atoms with van der Waals surface area (Å²) in [7, 11) is 0. The largest absolute Gasteiger partial charge is 0.466 e. The van der Waals surface area contributed by atoms with Gasteiger partial charge in [0.15, 0.2) is 0 Å². The van der Waals surface area contributed by atoms with Gasteiger partial charge in [-0.3, -0.25) is 9.59 Å². The highest BCUT2D eigenvalue weighted by molar-refractivity contribution is 5.76. The number of aliphatic hydroxyl groups is 2. The van der Waals surface area contributed by atoms with Gasteiger partial charge in [0.25, 0.3) is 0 Å². The molecule has 0 heterocycles. The molecule has 3 N–H and O–H groups in total. The zero-order valence-electron chi connectivity index (χ0n) is 50.4. The maximum atomic E-state index is 12.5. The second-order valence-electron chi connectivity index (χ2n) is 23.5. The first kappa shape index (κ1) is 72.6. The minimum absolute atomic E-state index is 0.0207. The van der Waals surface area contributed by atoms with Crippen molar-refractivity contribution in [2.75, 3.05) is 13.2 Å². The van der Waals surface area contributed by atoms with Crippen LogP contribution in [-0.2, 0) is 14.3 Å². The van der Waals surface area contributed by atoms with E-state index in [4.69, 9.17) is 4.74 Å². The Labute approximate surface area is 463 Å². The SMILES string of the molecule is CCCCCCCCCCCCCCCCCCC(=O)OCCCCCCCCCCCCCC/C=C\CCCCCCCCCCCCCCCC(=O)NC(CO)C(O)CCCCCCCCCCCCCC. The van der Waals surface area contributed by atoms with Gasteiger partial charge in [-0.25, -0.2) is 0 Å². The average Bonchev–Trinajstić information content (AvgIpc) is 3.40. The fourth-order valence-electron chi connectivity index (χ4n) is 10.9. The van der Waals surface area contributed by atoms with E-state index in [2.05, 4.69) is 31.3 Å². The molecule has 0 aliphatic heterocycles. The number of esters is 1. The maximum Gasteiger partial charge on any atom is 0.305 e. The molecule has 2 atom stereocenters. The molecule has 0 aromatic carbocycles. The molecule has 0 fully saturated rings. The van der Waals surface area contributed by atoms with Crippen molar-refractivity contribution in [3.63, 3.8) is 0 Å². The zero-order chi connectivity index (χ0) is 53.6. The smallest absolute Gasteiger partial charge is 0.305 e. The van der Waals surface area contributed by atoms with Crippen LogP contribution in [0.4, 0.5) is 0 Å². The summed E-state index contributed by atoms with van der Waals surface area (Å²) in [6.07, 6.45) is 78.3. The number of hydrogen-bond donors (Lipinski definition) is 3. The predicted octanol–water partition coefficient (Wildman–Crippen LogP) is 21.6. The Bertz CT molecular complexity index is 1110. The number of aliphatic hydroxyl groups excluding tert-OH is 2. The van der Waals surface area contributed by atoms with E-state index < -0.39 is 12.1 Å². The lowest BCUT2D eigenvalue weighted by molar-refractivity contribution is -0.143. The molecular weight excluding hydrogens is 911 g/mol. The Kier molecular flexibility index (Phi) is 62.9. The van der Waals surface area contributed by atoms with Crippen LogP contribution < -0.4 is 5.32 Å². The fourth-order valence-corrected chi connectivity index (χ4v) is 10.9. The van der Waals surface area contributed by atoms with Crippen molar-refractivity contribution in [2.45, 2.75) is 398 Å². The summed E-state index contributed by atoms with van der Waals surface area (Å²) >= 11 is 0. The first-order valence-electron chi connectivity index (χ1n) is 33.9. The number of carbonyl (C=O) groups excluding carboxylic acids is 2. The van der Waals surface area contributed by atoms with Gasteiger partial charge in [-0.05, 0) is 51.4 Å². The summed E-state index contributed by atoms with van der Waals surface area (Å²) in [4.78, 5) is 24.6. The third-order valence-corrected chi connectivity index (χ3v) is 16.1. The molecule has 2 unspecified atom stereocenters. The molecule has 0 radical (unpaired) electrons. The number of hydrogen-bond acceptors (Lipinski definition) is 5. The number of rotatable bonds is 64. The second kappa shape index (κ2) is 64.1. The van der Waals surface area contributed by atoms with E-state index in [1.165, 1.54) is 315 Å². The summed E-state index contributed by atoms with van der Waals surface area (Å²) in [6, 6.07) is -0.539. The number of amides is 1. The highest BCUT2D eigenvalue weighted by Crippen LogP contribution is 2.19. The van der Waals surface area contributed by atoms with E-state index in [1.807, 2.05) is 0 Å². The van der Waals surface area contributed by atoms with Crippen molar-refractivity contribution in [2.24, 2.45) is 0 Å². The molecule has 0 aromatic rings. The Morgan fingerprint density at radius 3 is 0.959 bits per heavy atom. The van der Waals surface area contributed by atoms with Crippen LogP contribution in [0.1, 0.15) is 386 Å². The molecule has 0 aliphatic carbocycles. The topological polar surface area (TPSA) is 95.9 Å². The average molecular weight is 1040 g/mol. The molecule has 0 spiro atoms. The summed E-state index contributed by atoms with van der Waals surface area (Å²) < 4.78 is 5.50. The zero-order valence-corrected chi connectivity index (χ0v) is 50.4. The molecule has 0 aliphatic rings. The molecule has 6 nitrogen and oxygen atoms in total. The molecule has 0 aromatic heterocycles. The van der Waals surface area contributed by atoms with Gasteiger partial charge in [0.2, 0.25) is 5.91 Å². The molecule has 0 saturated carbocycles. The van der Waals surface area contributed by atoms with Crippen LogP contribution in [0.2, 0.25) is 0 Å². The van der Waals surface area contributed by atoms with Crippen LogP contribution in [0.15, 0.2) is 12.2 Å². The van der Waals surface area contributed by atoms with Crippen LogP contribution in [-0.4, -0.2) is 47.4 Å². The number of ether oxygens (including phenoxy) is 1. The summed E-state index contributed by atoms with van der Waals surface area (Å²) in [5, 5.41) is 23.2. The van der Waals surface area contributed by atoms with Crippen LogP contribution >= 0.6 is 0 Å². The molecular formula is C68H133NO5. The number of carbonyl (C=O) groups is 2. The highest BCUT2D eigenvalue weighted by atomic mass is 16.5. The van der Waals surface area contributed by atoms with Gasteiger partial charge in [0.05, 0.1) is 25.4 Å². The van der Waals surface area contributed by atoms with Crippen LogP contribution in [0, 0.1) is 0 Å². The van der Waals surface area contributed by atoms with E-state index in [9.17, 15) is 19.8 Å². The predicted molar refractivity (Wildman–Crippen MR) is 324 cm³/mol. The lowest BCUT2D eigenvalue weighted by Gasteiger charge is -2.22. The minimum Gasteiger partial charge on any atom is -0.466 e. The lowest BCUT2D eigenvalue weighted by atomic mass is 10.0. The van der Waals surface area contributed by atoms with Crippen molar-refractivity contribution in [3.05, 3.63) is 12.2 Å². The number of allylic oxidation sites excluding steroid dienone is 2. The van der Waals surface area contributed by atoms with Crippen LogP contribution in [0.3, 0.4) is 0 Å². The second-order valence-corrected chi connectivity index (χ2v) is 23.5. The Morgan fingerprint density at radius 1 is 0.365 bits per heavy atom. The summed E-state index contributed by atoms with van der Waals surface area (Å²) in [5.41, 5.74) is 0. The quantitative estimate of drug-likeness (QED) is 0.0320. The van der Waals surface area contributed by atoms with E-state index >= 15 is 0 Å². The van der Waals surface area contributed by atoms with Gasteiger partial charge in [-0.1, -0.05) is 334 Å².